The van der Waals surface area contributed by atoms with Crippen LogP contribution in [0.1, 0.15) is 231 Å². The maximum absolute atomic E-state index is 13.8. The van der Waals surface area contributed by atoms with Crippen LogP contribution in [0.5, 0.6) is 0 Å². The molecule has 0 aromatic rings. The fourth-order valence-corrected chi connectivity index (χ4v) is 12.0. The van der Waals surface area contributed by atoms with Crippen molar-refractivity contribution in [3.63, 3.8) is 0 Å². The van der Waals surface area contributed by atoms with Crippen LogP contribution in [0.15, 0.2) is 19.3 Å². The van der Waals surface area contributed by atoms with Gasteiger partial charge in [0, 0.05) is 11.1 Å². The van der Waals surface area contributed by atoms with Gasteiger partial charge in [-0.25, -0.2) is 0 Å². The second kappa shape index (κ2) is 27.2. The number of rotatable bonds is 16. The van der Waals surface area contributed by atoms with Crippen molar-refractivity contribution in [2.24, 2.45) is 35.5 Å². The van der Waals surface area contributed by atoms with Gasteiger partial charge in [0.2, 0.25) is 0 Å². The standard InChI is InChI=1S/C47H80I2O/c48-37-45(43-33-41(34-43)31-23-15-21-29-39-25-17-11-7-3-1-4-8-12-18-26-39)47(50)46(38-49)44-35-42(36-44)32-24-16-22-30-40-27-19-13-9-5-2-6-10-14-20-28-40/h37-44H,1-36H2/b45-37-,46-38-. The Morgan fingerprint density at radius 2 is 0.640 bits per heavy atom. The largest absolute Gasteiger partial charge is 0.289 e. The van der Waals surface area contributed by atoms with E-state index >= 15 is 0 Å². The van der Waals surface area contributed by atoms with Gasteiger partial charge in [0.1, 0.15) is 0 Å². The Bertz CT molecular complexity index is 843. The van der Waals surface area contributed by atoms with Crippen molar-refractivity contribution in [3.8, 4) is 0 Å². The van der Waals surface area contributed by atoms with E-state index in [9.17, 15) is 4.79 Å². The normalized spacial score (nSPS) is 28.3. The molecule has 0 heterocycles. The van der Waals surface area contributed by atoms with E-state index in [1.54, 1.807) is 0 Å². The quantitative estimate of drug-likeness (QED) is 0.0857. The summed E-state index contributed by atoms with van der Waals surface area (Å²) in [7, 11) is 0. The summed E-state index contributed by atoms with van der Waals surface area (Å²) in [6.07, 6.45) is 52.0. The molecule has 0 aliphatic heterocycles. The number of halogens is 2. The van der Waals surface area contributed by atoms with Crippen LogP contribution in [0.25, 0.3) is 0 Å². The molecule has 0 aromatic heterocycles. The third-order valence-corrected chi connectivity index (χ3v) is 15.4. The zero-order chi connectivity index (χ0) is 35.1. The number of hydrogen-bond donors (Lipinski definition) is 0. The topological polar surface area (TPSA) is 17.1 Å². The molecule has 50 heavy (non-hydrogen) atoms. The van der Waals surface area contributed by atoms with E-state index in [4.69, 9.17) is 0 Å². The third kappa shape index (κ3) is 17.0. The second-order valence-electron chi connectivity index (χ2n) is 18.1. The molecule has 0 N–H and O–H groups in total. The van der Waals surface area contributed by atoms with E-state index < -0.39 is 0 Å². The number of hydrogen-bond acceptors (Lipinski definition) is 1. The Hall–Kier alpha value is 0.610. The van der Waals surface area contributed by atoms with Crippen molar-refractivity contribution in [1.29, 1.82) is 0 Å². The fourth-order valence-electron chi connectivity index (χ4n) is 10.4. The van der Waals surface area contributed by atoms with Crippen LogP contribution < -0.4 is 0 Å². The zero-order valence-corrected chi connectivity index (χ0v) is 37.1. The van der Waals surface area contributed by atoms with Gasteiger partial charge in [0.15, 0.2) is 5.78 Å². The number of allylic oxidation sites excluding steroid dienone is 2. The maximum Gasteiger partial charge on any atom is 0.186 e. The van der Waals surface area contributed by atoms with Crippen LogP contribution in [0, 0.1) is 35.5 Å². The summed E-state index contributed by atoms with van der Waals surface area (Å²) in [5, 5.41) is 0. The zero-order valence-electron chi connectivity index (χ0n) is 32.7. The van der Waals surface area contributed by atoms with Gasteiger partial charge in [-0.2, -0.15) is 0 Å². The van der Waals surface area contributed by atoms with E-state index in [1.807, 2.05) is 0 Å². The molecule has 288 valence electrons. The van der Waals surface area contributed by atoms with Gasteiger partial charge in [0.25, 0.3) is 0 Å². The van der Waals surface area contributed by atoms with Crippen molar-refractivity contribution in [3.05, 3.63) is 19.3 Å². The molecule has 0 atom stereocenters. The van der Waals surface area contributed by atoms with Crippen LogP contribution in [0.2, 0.25) is 0 Å². The van der Waals surface area contributed by atoms with Gasteiger partial charge in [-0.15, -0.1) is 0 Å². The Morgan fingerprint density at radius 1 is 0.380 bits per heavy atom. The van der Waals surface area contributed by atoms with E-state index in [1.165, 1.54) is 231 Å². The van der Waals surface area contributed by atoms with Crippen molar-refractivity contribution in [2.45, 2.75) is 231 Å². The highest BCUT2D eigenvalue weighted by molar-refractivity contribution is 14.1. The lowest BCUT2D eigenvalue weighted by molar-refractivity contribution is -0.114. The summed E-state index contributed by atoms with van der Waals surface area (Å²) in [4.78, 5) is 13.8. The number of unbranched alkanes of at least 4 members (excludes halogenated alkanes) is 4. The molecule has 3 heteroatoms. The monoisotopic (exact) mass is 914 g/mol. The van der Waals surface area contributed by atoms with Crippen molar-refractivity contribution < 1.29 is 4.79 Å². The summed E-state index contributed by atoms with van der Waals surface area (Å²) < 4.78 is 4.31. The molecule has 4 aliphatic rings. The SMILES string of the molecule is O=C(/C(=C\I)C1CC(CCCCCC2CCCCCCCCCCC2)C1)/C(=C\I)C1CC(CCCCCC2CCCCCCCCCCC2)C1. The summed E-state index contributed by atoms with van der Waals surface area (Å²) in [5.74, 6) is 5.16. The minimum Gasteiger partial charge on any atom is -0.289 e. The van der Waals surface area contributed by atoms with E-state index in [-0.39, 0.29) is 0 Å². The van der Waals surface area contributed by atoms with Crippen LogP contribution in [-0.4, -0.2) is 5.78 Å². The van der Waals surface area contributed by atoms with E-state index in [2.05, 4.69) is 53.3 Å². The molecule has 4 aliphatic carbocycles. The Morgan fingerprint density at radius 3 is 0.920 bits per heavy atom. The molecule has 0 amide bonds. The van der Waals surface area contributed by atoms with E-state index in [0.717, 1.165) is 34.8 Å². The van der Waals surface area contributed by atoms with Gasteiger partial charge in [0.05, 0.1) is 0 Å². The Balaban J connectivity index is 1.04. The Labute approximate surface area is 339 Å². The number of Topliss-reactive ketones (excluding diaryl/α,β-unsaturated/α-hetero) is 1. The first-order valence-corrected chi connectivity index (χ1v) is 25.3. The highest BCUT2D eigenvalue weighted by Gasteiger charge is 2.39. The van der Waals surface area contributed by atoms with Gasteiger partial charge >= 0.3 is 0 Å². The molecule has 4 fully saturated rings. The van der Waals surface area contributed by atoms with Gasteiger partial charge < -0.3 is 0 Å². The van der Waals surface area contributed by atoms with Crippen LogP contribution in [0.4, 0.5) is 0 Å². The predicted octanol–water partition coefficient (Wildman–Crippen LogP) is 17.0. The molecule has 0 unspecified atom stereocenters. The predicted molar refractivity (Wildman–Crippen MR) is 236 cm³/mol. The number of carbonyl (C=O) groups is 1. The van der Waals surface area contributed by atoms with Gasteiger partial charge in [-0.3, -0.25) is 4.79 Å². The summed E-state index contributed by atoms with van der Waals surface area (Å²) in [6, 6.07) is 0. The minimum absolute atomic E-state index is 0.398. The number of carbonyl (C=O) groups excluding carboxylic acids is 1. The molecule has 4 saturated carbocycles. The van der Waals surface area contributed by atoms with Crippen LogP contribution >= 0.6 is 45.2 Å². The molecule has 1 nitrogen and oxygen atoms in total. The highest BCUT2D eigenvalue weighted by atomic mass is 127. The summed E-state index contributed by atoms with van der Waals surface area (Å²) >= 11 is 4.73. The van der Waals surface area contributed by atoms with Crippen molar-refractivity contribution in [2.75, 3.05) is 0 Å². The third-order valence-electron chi connectivity index (χ3n) is 14.0. The molecular formula is C47H80I2O. The Kier molecular flexibility index (Phi) is 23.6. The number of ketones is 1. The molecule has 0 radical (unpaired) electrons. The lowest BCUT2D eigenvalue weighted by Gasteiger charge is -2.40. The van der Waals surface area contributed by atoms with Crippen LogP contribution in [0.3, 0.4) is 0 Å². The molecule has 0 bridgehead atoms. The maximum atomic E-state index is 13.8. The lowest BCUT2D eigenvalue weighted by Crippen LogP contribution is -2.33. The van der Waals surface area contributed by atoms with Gasteiger partial charge in [-0.1, -0.05) is 251 Å². The average Bonchev–Trinajstić information content (AvgIpc) is 3.07. The minimum atomic E-state index is 0.398. The molecule has 4 rings (SSSR count). The second-order valence-corrected chi connectivity index (χ2v) is 19.3. The van der Waals surface area contributed by atoms with Crippen molar-refractivity contribution in [1.82, 2.24) is 0 Å². The lowest BCUT2D eigenvalue weighted by atomic mass is 9.65. The molecule has 0 spiro atoms. The first-order chi connectivity index (χ1) is 24.7. The summed E-state index contributed by atoms with van der Waals surface area (Å²) in [5.41, 5.74) is 2.28. The molecular weight excluding hydrogens is 834 g/mol. The highest BCUT2D eigenvalue weighted by Crippen LogP contribution is 2.47. The summed E-state index contributed by atoms with van der Waals surface area (Å²) in [6.45, 7) is 0. The smallest absolute Gasteiger partial charge is 0.186 e. The fraction of sp³-hybridized carbons (Fsp3) is 0.894. The van der Waals surface area contributed by atoms with Crippen LogP contribution in [-0.2, 0) is 4.79 Å². The van der Waals surface area contributed by atoms with Gasteiger partial charge in [-0.05, 0) is 69.4 Å². The first kappa shape index (κ1) is 43.3. The van der Waals surface area contributed by atoms with E-state index in [0.29, 0.717) is 17.6 Å². The average molecular weight is 915 g/mol. The molecule has 0 saturated heterocycles. The molecule has 0 aromatic carbocycles. The first-order valence-electron chi connectivity index (χ1n) is 22.8. The van der Waals surface area contributed by atoms with Crippen molar-refractivity contribution >= 4 is 51.0 Å².